The van der Waals surface area contributed by atoms with Crippen LogP contribution in [0.1, 0.15) is 41.0 Å². The van der Waals surface area contributed by atoms with Crippen LogP contribution < -0.4 is 0 Å². The van der Waals surface area contributed by atoms with E-state index in [9.17, 15) is 0 Å². The van der Waals surface area contributed by atoms with Crippen molar-refractivity contribution >= 4 is 5.71 Å². The van der Waals surface area contributed by atoms with Crippen molar-refractivity contribution in [2.45, 2.75) is 41.0 Å². The van der Waals surface area contributed by atoms with Crippen molar-refractivity contribution in [2.75, 3.05) is 13.2 Å². The Hall–Kier alpha value is -1.25. The lowest BCUT2D eigenvalue weighted by atomic mass is 9.66. The van der Waals surface area contributed by atoms with Gasteiger partial charge in [-0.05, 0) is 19.3 Å². The molecule has 104 valence electrons. The highest BCUT2D eigenvalue weighted by Crippen LogP contribution is 2.62. The van der Waals surface area contributed by atoms with E-state index in [4.69, 9.17) is 9.47 Å². The first-order chi connectivity index (χ1) is 8.94. The minimum Gasteiger partial charge on any atom is -0.496 e. The van der Waals surface area contributed by atoms with Gasteiger partial charge in [0, 0.05) is 11.3 Å². The van der Waals surface area contributed by atoms with Crippen LogP contribution in [-0.4, -0.2) is 18.9 Å². The number of ether oxygens (including phenoxy) is 2. The number of hydrogen-bond acceptors (Lipinski definition) is 3. The second kappa shape index (κ2) is 3.87. The predicted octanol–water partition coefficient (Wildman–Crippen LogP) is 3.68. The topological polar surface area (TPSA) is 30.8 Å². The lowest BCUT2D eigenvalue weighted by Crippen LogP contribution is -2.33. The molecular weight excluding hydrogens is 238 g/mol. The molecule has 0 amide bonds. The van der Waals surface area contributed by atoms with Gasteiger partial charge in [0.05, 0.1) is 30.2 Å². The lowest BCUT2D eigenvalue weighted by molar-refractivity contribution is 0.129. The maximum absolute atomic E-state index is 6.16. The Kier molecular flexibility index (Phi) is 2.60. The number of nitrogens with zero attached hydrogens (tertiary/aromatic N) is 1. The van der Waals surface area contributed by atoms with Gasteiger partial charge < -0.3 is 9.47 Å². The molecular formula is C16H23NO2. The highest BCUT2D eigenvalue weighted by Gasteiger charge is 2.63. The summed E-state index contributed by atoms with van der Waals surface area (Å²) in [4.78, 5) is 4.67. The van der Waals surface area contributed by atoms with E-state index < -0.39 is 0 Å². The van der Waals surface area contributed by atoms with Crippen molar-refractivity contribution in [2.24, 2.45) is 21.7 Å². The Morgan fingerprint density at radius 3 is 2.58 bits per heavy atom. The Morgan fingerprint density at radius 2 is 1.95 bits per heavy atom. The van der Waals surface area contributed by atoms with Gasteiger partial charge >= 0.3 is 0 Å². The molecule has 3 aliphatic rings. The molecule has 0 radical (unpaired) electrons. The van der Waals surface area contributed by atoms with Crippen LogP contribution in [0.5, 0.6) is 0 Å². The number of hydrogen-bond donors (Lipinski definition) is 0. The summed E-state index contributed by atoms with van der Waals surface area (Å²) in [7, 11) is 0. The molecule has 0 aliphatic carbocycles. The Balaban J connectivity index is 2.27. The predicted molar refractivity (Wildman–Crippen MR) is 75.8 cm³/mol. The fraction of sp³-hybridized carbons (Fsp3) is 0.688. The van der Waals surface area contributed by atoms with Gasteiger partial charge in [0.15, 0.2) is 0 Å². The van der Waals surface area contributed by atoms with E-state index in [1.54, 1.807) is 0 Å². The average molecular weight is 261 g/mol. The van der Waals surface area contributed by atoms with Crippen molar-refractivity contribution in [1.82, 2.24) is 0 Å². The molecule has 0 aromatic rings. The number of aliphatic imine (C=N–C) groups is 1. The van der Waals surface area contributed by atoms with Crippen LogP contribution in [-0.2, 0) is 9.47 Å². The Labute approximate surface area is 115 Å². The highest BCUT2D eigenvalue weighted by atomic mass is 16.5. The maximum Gasteiger partial charge on any atom is 0.128 e. The first-order valence-electron chi connectivity index (χ1n) is 7.22. The summed E-state index contributed by atoms with van der Waals surface area (Å²) in [5, 5.41) is 0. The number of rotatable bonds is 2. The molecule has 3 aliphatic heterocycles. The van der Waals surface area contributed by atoms with E-state index in [-0.39, 0.29) is 10.8 Å². The Bertz CT molecular complexity index is 515. The van der Waals surface area contributed by atoms with E-state index in [2.05, 4.69) is 39.6 Å². The molecule has 0 saturated carbocycles. The van der Waals surface area contributed by atoms with E-state index >= 15 is 0 Å². The zero-order chi connectivity index (χ0) is 13.8. The lowest BCUT2D eigenvalue weighted by Gasteiger charge is -2.29. The largest absolute Gasteiger partial charge is 0.496 e. The molecule has 3 heteroatoms. The standard InChI is InChI=1S/C16H23NO2/c1-6-11-13(10(2)3)14-16(5)12(7-17-11)18-8-15(16,4)9-19-14/h7,10H,6,8-9H2,1-5H3. The van der Waals surface area contributed by atoms with Crippen LogP contribution in [0.25, 0.3) is 0 Å². The quantitative estimate of drug-likeness (QED) is 0.759. The van der Waals surface area contributed by atoms with Gasteiger partial charge in [-0.1, -0.05) is 27.7 Å². The zero-order valence-corrected chi connectivity index (χ0v) is 12.5. The van der Waals surface area contributed by atoms with Gasteiger partial charge in [-0.3, -0.25) is 4.99 Å². The molecule has 19 heavy (non-hydrogen) atoms. The molecule has 3 heterocycles. The minimum absolute atomic E-state index is 0.0347. The van der Waals surface area contributed by atoms with Crippen molar-refractivity contribution in [1.29, 1.82) is 0 Å². The molecule has 2 atom stereocenters. The third-order valence-corrected chi connectivity index (χ3v) is 5.04. The summed E-state index contributed by atoms with van der Waals surface area (Å²) in [6, 6.07) is 0. The molecule has 3 nitrogen and oxygen atoms in total. The van der Waals surface area contributed by atoms with Gasteiger partial charge in [0.2, 0.25) is 0 Å². The molecule has 0 aromatic heterocycles. The molecule has 0 bridgehead atoms. The van der Waals surface area contributed by atoms with Crippen LogP contribution in [0.3, 0.4) is 0 Å². The fourth-order valence-electron chi connectivity index (χ4n) is 3.50. The molecule has 2 unspecified atom stereocenters. The first-order valence-corrected chi connectivity index (χ1v) is 7.22. The van der Waals surface area contributed by atoms with E-state index in [0.717, 1.165) is 36.9 Å². The van der Waals surface area contributed by atoms with Crippen molar-refractivity contribution in [3.63, 3.8) is 0 Å². The van der Waals surface area contributed by atoms with Gasteiger partial charge in [-0.25, -0.2) is 0 Å². The maximum atomic E-state index is 6.16. The van der Waals surface area contributed by atoms with Gasteiger partial charge in [0.25, 0.3) is 0 Å². The van der Waals surface area contributed by atoms with Gasteiger partial charge in [-0.15, -0.1) is 0 Å². The average Bonchev–Trinajstić information content (AvgIpc) is 2.69. The normalized spacial score (nSPS) is 36.5. The second-order valence-corrected chi connectivity index (χ2v) is 6.58. The van der Waals surface area contributed by atoms with Crippen molar-refractivity contribution in [3.05, 3.63) is 23.3 Å². The summed E-state index contributed by atoms with van der Waals surface area (Å²) in [5.74, 6) is 2.50. The minimum atomic E-state index is -0.146. The van der Waals surface area contributed by atoms with Crippen LogP contribution >= 0.6 is 0 Å². The van der Waals surface area contributed by atoms with Crippen LogP contribution in [0.4, 0.5) is 0 Å². The monoisotopic (exact) mass is 261 g/mol. The zero-order valence-electron chi connectivity index (χ0n) is 12.5. The summed E-state index contributed by atoms with van der Waals surface area (Å²) < 4.78 is 12.1. The second-order valence-electron chi connectivity index (χ2n) is 6.58. The van der Waals surface area contributed by atoms with E-state index in [0.29, 0.717) is 5.92 Å². The smallest absolute Gasteiger partial charge is 0.128 e. The summed E-state index contributed by atoms with van der Waals surface area (Å²) in [6.45, 7) is 12.6. The SMILES string of the molecule is CCC1=NC=C2OCC3(C)COC(=C1C(C)C)C23C. The van der Waals surface area contributed by atoms with Gasteiger partial charge in [0.1, 0.15) is 11.5 Å². The first kappa shape index (κ1) is 12.8. The third-order valence-electron chi connectivity index (χ3n) is 5.04. The van der Waals surface area contributed by atoms with Crippen molar-refractivity contribution in [3.8, 4) is 0 Å². The molecule has 0 aromatic carbocycles. The van der Waals surface area contributed by atoms with Crippen molar-refractivity contribution < 1.29 is 9.47 Å². The third kappa shape index (κ3) is 1.41. The molecule has 2 fully saturated rings. The van der Waals surface area contributed by atoms with E-state index in [1.165, 1.54) is 5.57 Å². The molecule has 2 saturated heterocycles. The molecule has 0 spiro atoms. The molecule has 0 N–H and O–H groups in total. The van der Waals surface area contributed by atoms with Crippen LogP contribution in [0.2, 0.25) is 0 Å². The van der Waals surface area contributed by atoms with Crippen LogP contribution in [0, 0.1) is 16.7 Å². The van der Waals surface area contributed by atoms with E-state index in [1.807, 2.05) is 6.20 Å². The van der Waals surface area contributed by atoms with Gasteiger partial charge in [-0.2, -0.15) is 0 Å². The highest BCUT2D eigenvalue weighted by molar-refractivity contribution is 6.01. The Morgan fingerprint density at radius 1 is 1.26 bits per heavy atom. The summed E-state index contributed by atoms with van der Waals surface area (Å²) >= 11 is 0. The summed E-state index contributed by atoms with van der Waals surface area (Å²) in [6.07, 6.45) is 2.85. The summed E-state index contributed by atoms with van der Waals surface area (Å²) in [5.41, 5.74) is 2.31. The van der Waals surface area contributed by atoms with Crippen LogP contribution in [0.15, 0.2) is 28.3 Å². The number of allylic oxidation sites excluding steroid dienone is 1. The molecule has 3 rings (SSSR count). The fourth-order valence-corrected chi connectivity index (χ4v) is 3.50.